The van der Waals surface area contributed by atoms with Crippen molar-refractivity contribution in [1.82, 2.24) is 5.32 Å². The van der Waals surface area contributed by atoms with Crippen LogP contribution in [0, 0.1) is 0 Å². The number of sulfonamides is 1. The summed E-state index contributed by atoms with van der Waals surface area (Å²) in [5, 5.41) is 5.27. The molecule has 4 rings (SSSR count). The fraction of sp³-hybridized carbons (Fsp3) is 0.227. The van der Waals surface area contributed by atoms with E-state index in [9.17, 15) is 13.2 Å². The van der Waals surface area contributed by atoms with Gasteiger partial charge in [-0.3, -0.25) is 9.10 Å². The molecule has 1 fully saturated rings. The summed E-state index contributed by atoms with van der Waals surface area (Å²) in [6, 6.07) is 20.7. The van der Waals surface area contributed by atoms with E-state index in [2.05, 4.69) is 5.32 Å². The lowest BCUT2D eigenvalue weighted by Crippen LogP contribution is -2.28. The van der Waals surface area contributed by atoms with E-state index in [1.165, 1.54) is 4.31 Å². The van der Waals surface area contributed by atoms with Gasteiger partial charge in [-0.1, -0.05) is 48.5 Å². The summed E-state index contributed by atoms with van der Waals surface area (Å²) in [5.41, 5.74) is 2.04. The summed E-state index contributed by atoms with van der Waals surface area (Å²) in [7, 11) is -3.27. The first-order chi connectivity index (χ1) is 13.5. The molecule has 6 heteroatoms. The highest BCUT2D eigenvalue weighted by Gasteiger charge is 2.28. The molecule has 28 heavy (non-hydrogen) atoms. The Bertz CT molecular complexity index is 1140. The maximum atomic E-state index is 12.8. The Kier molecular flexibility index (Phi) is 4.81. The molecule has 0 aliphatic carbocycles. The molecule has 1 saturated heterocycles. The number of nitrogens with one attached hydrogen (secondary N) is 1. The van der Waals surface area contributed by atoms with Gasteiger partial charge in [-0.05, 0) is 47.9 Å². The van der Waals surface area contributed by atoms with E-state index < -0.39 is 10.0 Å². The Morgan fingerprint density at radius 1 is 1.04 bits per heavy atom. The summed E-state index contributed by atoms with van der Waals surface area (Å²) in [6.07, 6.45) is 0.608. The molecule has 0 aromatic heterocycles. The molecule has 1 aliphatic heterocycles. The monoisotopic (exact) mass is 394 g/mol. The molecule has 1 N–H and O–H groups in total. The number of carbonyl (C=O) groups excluding carboxylic acids is 1. The SMILES string of the molecule is CC(NC(=O)c1cccc(N2CCCS2(=O)=O)c1)c1cccc2ccccc12. The first kappa shape index (κ1) is 18.5. The number of carbonyl (C=O) groups is 1. The van der Waals surface area contributed by atoms with E-state index in [-0.39, 0.29) is 17.7 Å². The van der Waals surface area contributed by atoms with Gasteiger partial charge in [-0.15, -0.1) is 0 Å². The molecular formula is C22H22N2O3S. The maximum absolute atomic E-state index is 12.8. The number of rotatable bonds is 4. The van der Waals surface area contributed by atoms with Gasteiger partial charge in [-0.25, -0.2) is 8.42 Å². The molecule has 0 saturated carbocycles. The predicted octanol–water partition coefficient (Wildman–Crippen LogP) is 3.87. The molecule has 144 valence electrons. The third-order valence-electron chi connectivity index (χ3n) is 5.13. The zero-order valence-electron chi connectivity index (χ0n) is 15.6. The number of fused-ring (bicyclic) bond motifs is 1. The smallest absolute Gasteiger partial charge is 0.251 e. The number of hydrogen-bond acceptors (Lipinski definition) is 3. The molecule has 1 heterocycles. The molecule has 1 aliphatic rings. The Morgan fingerprint density at radius 2 is 1.79 bits per heavy atom. The van der Waals surface area contributed by atoms with Gasteiger partial charge in [0.15, 0.2) is 0 Å². The number of nitrogens with zero attached hydrogens (tertiary/aromatic N) is 1. The minimum Gasteiger partial charge on any atom is -0.345 e. The van der Waals surface area contributed by atoms with Gasteiger partial charge >= 0.3 is 0 Å². The molecule has 1 unspecified atom stereocenters. The lowest BCUT2D eigenvalue weighted by molar-refractivity contribution is 0.0940. The second kappa shape index (κ2) is 7.28. The van der Waals surface area contributed by atoms with E-state index in [0.29, 0.717) is 24.2 Å². The molecule has 1 atom stereocenters. The van der Waals surface area contributed by atoms with Crippen molar-refractivity contribution in [1.29, 1.82) is 0 Å². The number of anilines is 1. The summed E-state index contributed by atoms with van der Waals surface area (Å²) in [5.74, 6) is -0.0690. The van der Waals surface area contributed by atoms with Gasteiger partial charge in [0, 0.05) is 12.1 Å². The average Bonchev–Trinajstić information content (AvgIpc) is 3.06. The Hall–Kier alpha value is -2.86. The van der Waals surface area contributed by atoms with E-state index in [4.69, 9.17) is 0 Å². The van der Waals surface area contributed by atoms with Crippen molar-refractivity contribution in [2.45, 2.75) is 19.4 Å². The molecule has 0 radical (unpaired) electrons. The van der Waals surface area contributed by atoms with Gasteiger partial charge in [0.25, 0.3) is 5.91 Å². The average molecular weight is 394 g/mol. The van der Waals surface area contributed by atoms with E-state index in [1.54, 1.807) is 24.3 Å². The largest absolute Gasteiger partial charge is 0.345 e. The maximum Gasteiger partial charge on any atom is 0.251 e. The lowest BCUT2D eigenvalue weighted by Gasteiger charge is -2.19. The minimum atomic E-state index is -3.27. The predicted molar refractivity (Wildman–Crippen MR) is 112 cm³/mol. The van der Waals surface area contributed by atoms with Crippen LogP contribution in [0.3, 0.4) is 0 Å². The van der Waals surface area contributed by atoms with Crippen LogP contribution in [-0.2, 0) is 10.0 Å². The van der Waals surface area contributed by atoms with Crippen LogP contribution in [0.2, 0.25) is 0 Å². The normalized spacial score (nSPS) is 16.8. The topological polar surface area (TPSA) is 66.5 Å². The minimum absolute atomic E-state index is 0.154. The number of hydrogen-bond donors (Lipinski definition) is 1. The van der Waals surface area contributed by atoms with Crippen LogP contribution in [0.15, 0.2) is 66.7 Å². The fourth-order valence-corrected chi connectivity index (χ4v) is 5.27. The van der Waals surface area contributed by atoms with Crippen LogP contribution >= 0.6 is 0 Å². The van der Waals surface area contributed by atoms with Crippen LogP contribution in [0.1, 0.15) is 35.3 Å². The quantitative estimate of drug-likeness (QED) is 0.730. The molecule has 0 spiro atoms. The van der Waals surface area contributed by atoms with Crippen molar-refractivity contribution >= 4 is 32.4 Å². The van der Waals surface area contributed by atoms with Crippen molar-refractivity contribution in [2.75, 3.05) is 16.6 Å². The Balaban J connectivity index is 1.58. The second-order valence-electron chi connectivity index (χ2n) is 7.06. The van der Waals surface area contributed by atoms with Gasteiger partial charge in [0.1, 0.15) is 0 Å². The van der Waals surface area contributed by atoms with Crippen molar-refractivity contribution in [2.24, 2.45) is 0 Å². The third-order valence-corrected chi connectivity index (χ3v) is 7.00. The van der Waals surface area contributed by atoms with Crippen molar-refractivity contribution in [3.8, 4) is 0 Å². The van der Waals surface area contributed by atoms with Crippen LogP contribution in [0.5, 0.6) is 0 Å². The first-order valence-electron chi connectivity index (χ1n) is 9.35. The highest BCUT2D eigenvalue weighted by atomic mass is 32.2. The zero-order valence-corrected chi connectivity index (χ0v) is 16.4. The van der Waals surface area contributed by atoms with Crippen LogP contribution in [0.25, 0.3) is 10.8 Å². The van der Waals surface area contributed by atoms with Crippen LogP contribution in [0.4, 0.5) is 5.69 Å². The number of benzene rings is 3. The van der Waals surface area contributed by atoms with Crippen LogP contribution < -0.4 is 9.62 Å². The summed E-state index contributed by atoms with van der Waals surface area (Å²) < 4.78 is 25.7. The summed E-state index contributed by atoms with van der Waals surface area (Å²) in [6.45, 7) is 2.41. The van der Waals surface area contributed by atoms with Gasteiger partial charge < -0.3 is 5.32 Å². The van der Waals surface area contributed by atoms with Crippen molar-refractivity contribution in [3.05, 3.63) is 77.9 Å². The van der Waals surface area contributed by atoms with Crippen LogP contribution in [-0.4, -0.2) is 26.6 Å². The second-order valence-corrected chi connectivity index (χ2v) is 9.07. The van der Waals surface area contributed by atoms with Gasteiger partial charge in [0.05, 0.1) is 17.5 Å². The van der Waals surface area contributed by atoms with Crippen molar-refractivity contribution in [3.63, 3.8) is 0 Å². The fourth-order valence-electron chi connectivity index (χ4n) is 3.72. The lowest BCUT2D eigenvalue weighted by atomic mass is 9.99. The molecular weight excluding hydrogens is 372 g/mol. The van der Waals surface area contributed by atoms with Gasteiger partial charge in [0.2, 0.25) is 10.0 Å². The third kappa shape index (κ3) is 3.47. The standard InChI is InChI=1S/C22H22N2O3S/c1-16(20-12-5-8-17-7-2-3-11-21(17)20)23-22(25)18-9-4-10-19(15-18)24-13-6-14-28(24,26)27/h2-5,7-12,15-16H,6,13-14H2,1H3,(H,23,25). The summed E-state index contributed by atoms with van der Waals surface area (Å²) >= 11 is 0. The highest BCUT2D eigenvalue weighted by Crippen LogP contribution is 2.26. The molecule has 1 amide bonds. The van der Waals surface area contributed by atoms with E-state index in [1.807, 2.05) is 49.4 Å². The molecule has 3 aromatic carbocycles. The van der Waals surface area contributed by atoms with E-state index >= 15 is 0 Å². The molecule has 5 nitrogen and oxygen atoms in total. The zero-order chi connectivity index (χ0) is 19.7. The highest BCUT2D eigenvalue weighted by molar-refractivity contribution is 7.93. The van der Waals surface area contributed by atoms with Gasteiger partial charge in [-0.2, -0.15) is 0 Å². The Morgan fingerprint density at radius 3 is 2.57 bits per heavy atom. The molecule has 3 aromatic rings. The number of amides is 1. The summed E-state index contributed by atoms with van der Waals surface area (Å²) in [4.78, 5) is 12.8. The first-order valence-corrected chi connectivity index (χ1v) is 11.0. The van der Waals surface area contributed by atoms with Crippen molar-refractivity contribution < 1.29 is 13.2 Å². The Labute approximate surface area is 165 Å². The van der Waals surface area contributed by atoms with E-state index in [0.717, 1.165) is 16.3 Å². The molecule has 0 bridgehead atoms.